The zero-order valence-corrected chi connectivity index (χ0v) is 14.1. The standard InChI is InChI=1S/C18H27N3O2/c1-3-5-11-21(4-2)13-17(22)19-16-8-6-7-14(12-16)18(23)20-15-9-10-15/h6-8,12,15H,3-5,9-11,13H2,1-2H3,(H,19,22)(H,20,23). The van der Waals surface area contributed by atoms with E-state index in [2.05, 4.69) is 29.4 Å². The van der Waals surface area contributed by atoms with Gasteiger partial charge < -0.3 is 10.6 Å². The third-order valence-electron chi connectivity index (χ3n) is 3.96. The van der Waals surface area contributed by atoms with Gasteiger partial charge in [-0.25, -0.2) is 0 Å². The van der Waals surface area contributed by atoms with Crippen LogP contribution in [-0.2, 0) is 4.79 Å². The molecule has 126 valence electrons. The normalized spacial score (nSPS) is 13.9. The number of nitrogens with one attached hydrogen (secondary N) is 2. The second kappa shape index (κ2) is 8.67. The van der Waals surface area contributed by atoms with Crippen LogP contribution in [0.15, 0.2) is 24.3 Å². The molecule has 0 saturated heterocycles. The van der Waals surface area contributed by atoms with Crippen LogP contribution >= 0.6 is 0 Å². The highest BCUT2D eigenvalue weighted by atomic mass is 16.2. The molecule has 2 N–H and O–H groups in total. The number of hydrogen-bond acceptors (Lipinski definition) is 3. The SMILES string of the molecule is CCCCN(CC)CC(=O)Nc1cccc(C(=O)NC2CC2)c1. The highest BCUT2D eigenvalue weighted by Gasteiger charge is 2.23. The Morgan fingerprint density at radius 1 is 1.26 bits per heavy atom. The third-order valence-corrected chi connectivity index (χ3v) is 3.96. The number of anilines is 1. The molecule has 0 aromatic heterocycles. The van der Waals surface area contributed by atoms with Crippen LogP contribution < -0.4 is 10.6 Å². The Morgan fingerprint density at radius 3 is 2.70 bits per heavy atom. The molecule has 5 heteroatoms. The molecule has 0 radical (unpaired) electrons. The maximum atomic E-state index is 12.2. The minimum atomic E-state index is -0.0678. The second-order valence-electron chi connectivity index (χ2n) is 6.10. The van der Waals surface area contributed by atoms with E-state index >= 15 is 0 Å². The highest BCUT2D eigenvalue weighted by molar-refractivity contribution is 5.97. The zero-order valence-electron chi connectivity index (χ0n) is 14.1. The Balaban J connectivity index is 1.88. The molecule has 2 rings (SSSR count). The number of carbonyl (C=O) groups is 2. The van der Waals surface area contributed by atoms with E-state index in [1.807, 2.05) is 6.07 Å². The summed E-state index contributed by atoms with van der Waals surface area (Å²) in [6.07, 6.45) is 4.34. The molecule has 5 nitrogen and oxygen atoms in total. The molecule has 0 heterocycles. The Bertz CT molecular complexity index is 541. The van der Waals surface area contributed by atoms with Crippen LogP contribution in [0.2, 0.25) is 0 Å². The molecule has 0 atom stereocenters. The molecular formula is C18H27N3O2. The first-order chi connectivity index (χ1) is 11.1. The van der Waals surface area contributed by atoms with Crippen molar-refractivity contribution in [3.8, 4) is 0 Å². The van der Waals surface area contributed by atoms with Crippen molar-refractivity contribution in [2.75, 3.05) is 25.0 Å². The summed E-state index contributed by atoms with van der Waals surface area (Å²) in [6.45, 7) is 6.38. The summed E-state index contributed by atoms with van der Waals surface area (Å²) in [5.41, 5.74) is 1.26. The lowest BCUT2D eigenvalue weighted by molar-refractivity contribution is -0.117. The summed E-state index contributed by atoms with van der Waals surface area (Å²) in [7, 11) is 0. The van der Waals surface area contributed by atoms with E-state index in [9.17, 15) is 9.59 Å². The molecular weight excluding hydrogens is 290 g/mol. The van der Waals surface area contributed by atoms with Crippen LogP contribution in [0.4, 0.5) is 5.69 Å². The molecule has 1 fully saturated rings. The maximum absolute atomic E-state index is 12.2. The number of likely N-dealkylation sites (N-methyl/N-ethyl adjacent to an activating group) is 1. The summed E-state index contributed by atoms with van der Waals surface area (Å²) >= 11 is 0. The summed E-state index contributed by atoms with van der Waals surface area (Å²) in [6, 6.07) is 7.45. The maximum Gasteiger partial charge on any atom is 0.251 e. The quantitative estimate of drug-likeness (QED) is 0.736. The molecule has 1 aliphatic carbocycles. The van der Waals surface area contributed by atoms with Crippen molar-refractivity contribution in [1.82, 2.24) is 10.2 Å². The van der Waals surface area contributed by atoms with Gasteiger partial charge in [-0.05, 0) is 50.6 Å². The minimum Gasteiger partial charge on any atom is -0.349 e. The van der Waals surface area contributed by atoms with Gasteiger partial charge in [0.15, 0.2) is 0 Å². The Morgan fingerprint density at radius 2 is 2.04 bits per heavy atom. The number of benzene rings is 1. The first-order valence-corrected chi connectivity index (χ1v) is 8.55. The molecule has 1 aromatic rings. The van der Waals surface area contributed by atoms with E-state index < -0.39 is 0 Å². The third kappa shape index (κ3) is 6.02. The van der Waals surface area contributed by atoms with Crippen LogP contribution in [-0.4, -0.2) is 42.4 Å². The number of unbranched alkanes of at least 4 members (excludes halogenated alkanes) is 1. The number of carbonyl (C=O) groups excluding carboxylic acids is 2. The van der Waals surface area contributed by atoms with Gasteiger partial charge >= 0.3 is 0 Å². The molecule has 2 amide bonds. The number of amides is 2. The van der Waals surface area contributed by atoms with Crippen LogP contribution in [0.5, 0.6) is 0 Å². The number of rotatable bonds is 9. The van der Waals surface area contributed by atoms with Crippen LogP contribution in [0.25, 0.3) is 0 Å². The van der Waals surface area contributed by atoms with Gasteiger partial charge in [0.05, 0.1) is 6.54 Å². The number of hydrogen-bond donors (Lipinski definition) is 2. The fourth-order valence-corrected chi connectivity index (χ4v) is 2.37. The van der Waals surface area contributed by atoms with Crippen molar-refractivity contribution in [2.24, 2.45) is 0 Å². The van der Waals surface area contributed by atoms with Crippen molar-refractivity contribution in [2.45, 2.75) is 45.6 Å². The lowest BCUT2D eigenvalue weighted by Crippen LogP contribution is -2.34. The molecule has 0 spiro atoms. The molecule has 1 aliphatic rings. The molecule has 23 heavy (non-hydrogen) atoms. The number of nitrogens with zero attached hydrogens (tertiary/aromatic N) is 1. The van der Waals surface area contributed by atoms with Gasteiger partial charge in [-0.1, -0.05) is 26.3 Å². The average Bonchev–Trinajstić information content (AvgIpc) is 3.35. The fraction of sp³-hybridized carbons (Fsp3) is 0.556. The van der Waals surface area contributed by atoms with Gasteiger partial charge in [0.25, 0.3) is 5.91 Å². The second-order valence-corrected chi connectivity index (χ2v) is 6.10. The van der Waals surface area contributed by atoms with E-state index in [1.165, 1.54) is 0 Å². The zero-order chi connectivity index (χ0) is 16.7. The minimum absolute atomic E-state index is 0.0392. The lowest BCUT2D eigenvalue weighted by atomic mass is 10.2. The van der Waals surface area contributed by atoms with Crippen molar-refractivity contribution in [1.29, 1.82) is 0 Å². The lowest BCUT2D eigenvalue weighted by Gasteiger charge is -2.19. The van der Waals surface area contributed by atoms with Crippen LogP contribution in [0.1, 0.15) is 49.9 Å². The van der Waals surface area contributed by atoms with Gasteiger partial charge in [-0.3, -0.25) is 14.5 Å². The molecule has 0 aliphatic heterocycles. The predicted molar refractivity (Wildman–Crippen MR) is 92.6 cm³/mol. The van der Waals surface area contributed by atoms with Crippen molar-refractivity contribution in [3.63, 3.8) is 0 Å². The van der Waals surface area contributed by atoms with Gasteiger partial charge in [0, 0.05) is 17.3 Å². The van der Waals surface area contributed by atoms with Crippen LogP contribution in [0.3, 0.4) is 0 Å². The monoisotopic (exact) mass is 317 g/mol. The topological polar surface area (TPSA) is 61.4 Å². The molecule has 1 saturated carbocycles. The van der Waals surface area contributed by atoms with E-state index in [0.29, 0.717) is 23.8 Å². The van der Waals surface area contributed by atoms with E-state index in [0.717, 1.165) is 38.8 Å². The Hall–Kier alpha value is -1.88. The van der Waals surface area contributed by atoms with Crippen molar-refractivity contribution < 1.29 is 9.59 Å². The van der Waals surface area contributed by atoms with Gasteiger partial charge in [0.2, 0.25) is 5.91 Å². The predicted octanol–water partition coefficient (Wildman–Crippen LogP) is 2.64. The summed E-state index contributed by atoms with van der Waals surface area (Å²) in [5.74, 6) is -0.107. The van der Waals surface area contributed by atoms with E-state index in [1.54, 1.807) is 18.2 Å². The first kappa shape index (κ1) is 17.5. The molecule has 1 aromatic carbocycles. The Kier molecular flexibility index (Phi) is 6.59. The summed E-state index contributed by atoms with van der Waals surface area (Å²) in [4.78, 5) is 26.3. The average molecular weight is 317 g/mol. The van der Waals surface area contributed by atoms with Gasteiger partial charge in [0.1, 0.15) is 0 Å². The van der Waals surface area contributed by atoms with Gasteiger partial charge in [-0.15, -0.1) is 0 Å². The fourth-order valence-electron chi connectivity index (χ4n) is 2.37. The Labute approximate surface area is 138 Å². The van der Waals surface area contributed by atoms with Crippen LogP contribution in [0, 0.1) is 0 Å². The first-order valence-electron chi connectivity index (χ1n) is 8.55. The summed E-state index contributed by atoms with van der Waals surface area (Å²) < 4.78 is 0. The summed E-state index contributed by atoms with van der Waals surface area (Å²) in [5, 5.41) is 5.84. The largest absolute Gasteiger partial charge is 0.349 e. The smallest absolute Gasteiger partial charge is 0.251 e. The van der Waals surface area contributed by atoms with Crippen molar-refractivity contribution in [3.05, 3.63) is 29.8 Å². The van der Waals surface area contributed by atoms with E-state index in [4.69, 9.17) is 0 Å². The van der Waals surface area contributed by atoms with Crippen molar-refractivity contribution >= 4 is 17.5 Å². The molecule has 0 bridgehead atoms. The van der Waals surface area contributed by atoms with E-state index in [-0.39, 0.29) is 11.8 Å². The van der Waals surface area contributed by atoms with Gasteiger partial charge in [-0.2, -0.15) is 0 Å². The highest BCUT2D eigenvalue weighted by Crippen LogP contribution is 2.20. The molecule has 0 unspecified atom stereocenters.